The molecule has 3 saturated heterocycles. The summed E-state index contributed by atoms with van der Waals surface area (Å²) in [4.78, 5) is 119. The van der Waals surface area contributed by atoms with Crippen LogP contribution in [0.4, 0.5) is 0 Å². The van der Waals surface area contributed by atoms with Gasteiger partial charge in [-0.2, -0.15) is 0 Å². The Morgan fingerprint density at radius 1 is 0.750 bits per heavy atom. The maximum atomic E-state index is 16.3. The second-order valence-electron chi connectivity index (χ2n) is 28.4. The molecule has 5 fully saturated rings. The van der Waals surface area contributed by atoms with Crippen molar-refractivity contribution < 1.29 is 116 Å². The van der Waals surface area contributed by atoms with E-state index in [2.05, 4.69) is 10.6 Å². The maximum absolute atomic E-state index is 16.3. The van der Waals surface area contributed by atoms with Gasteiger partial charge in [-0.25, -0.2) is 14.4 Å². The fourth-order valence-electron chi connectivity index (χ4n) is 15.8. The third-order valence-electron chi connectivity index (χ3n) is 22.6. The summed E-state index contributed by atoms with van der Waals surface area (Å²) in [5.41, 5.74) is -25.5. The summed E-state index contributed by atoms with van der Waals surface area (Å²) < 4.78 is 63.8. The highest BCUT2D eigenvalue weighted by Crippen LogP contribution is 2.65. The first-order chi connectivity index (χ1) is 44.5. The normalized spacial score (nSPS) is 39.8. The van der Waals surface area contributed by atoms with Crippen molar-refractivity contribution >= 4 is 47.4 Å². The molecule has 26 nitrogen and oxygen atoms in total. The minimum absolute atomic E-state index is 0.0271. The summed E-state index contributed by atoms with van der Waals surface area (Å²) in [5.74, 6) is -10.2. The first-order valence-electron chi connectivity index (χ1n) is 31.9. The van der Waals surface area contributed by atoms with Gasteiger partial charge < -0.3 is 88.6 Å². The standard InChI is InChI=1S/C70H90N2O24/c1-36-44(33-70(86)53(92-55(80)43-30-24-19-25-31-43)51-62(9,45(77)32-46-69(51,35-88-46)94-40(5)76)52(78)49(89-39(4)75)47(36)60(70,6)7)90-56(81)50(48(41-26-20-17-21-27-41)71-54(79)42-28-22-18-23-29-42)91-58(83)66(13)68(15,67(14,85)64(11,84)37(2)93-66)96-59-63(10,72-38(3)74)65(12,87-16)57(82)61(8,34-73)95-59/h17-31,37,44-46,48-51,53,57,59,73,77,82,84-86H,32-35H2,1-16H3,(H,71,79)(H,72,74)/t37?,44?,45-,46+,48-,49+,50+,51-,53-,57?,59?,61?,62+,63?,64?,65?,66?,67?,68?,69-,70+/m1/s1. The summed E-state index contributed by atoms with van der Waals surface area (Å²) in [5, 5.41) is 80.9. The van der Waals surface area contributed by atoms with Gasteiger partial charge in [-0.1, -0.05) is 80.6 Å². The molecule has 3 heterocycles. The van der Waals surface area contributed by atoms with Crippen LogP contribution in [0.25, 0.3) is 0 Å². The molecule has 3 aromatic carbocycles. The van der Waals surface area contributed by atoms with E-state index in [0.29, 0.717) is 0 Å². The monoisotopic (exact) mass is 1340 g/mol. The molecule has 0 spiro atoms. The number of Topliss-reactive ketones (excluding diaryl/α,β-unsaturated/α-hetero) is 1. The SMILES string of the molecule is COC1(C)C(O)C(C)(CO)OC(OC2(C)C(C)(C(=O)O[C@H](C(=O)OC3C[C@]4(O)[C@H](OC(=O)c5ccccc5)[C@H]5[C@@]6(OC(C)=O)CO[C@H]6C[C@@H](O)[C@]5(C)C(=O)[C@@H](OC(C)=O)C(=C3C)C4(C)C)[C@H](NC(=O)c3ccccc3)c3ccccc3)OC(C)C(C)(O)C2(C)O)C1(C)NC(C)=O. The molecule has 9 rings (SSSR count). The Hall–Kier alpha value is -7.08. The lowest BCUT2D eigenvalue weighted by Crippen LogP contribution is -2.86. The van der Waals surface area contributed by atoms with Crippen LogP contribution in [-0.2, 0) is 76.1 Å². The van der Waals surface area contributed by atoms with E-state index in [1.165, 1.54) is 106 Å². The largest absolute Gasteiger partial charge is 0.455 e. The van der Waals surface area contributed by atoms with Crippen LogP contribution in [0.1, 0.15) is 149 Å². The molecule has 11 unspecified atom stereocenters. The molecule has 2 saturated carbocycles. The smallest absolute Gasteiger partial charge is 0.350 e. The van der Waals surface area contributed by atoms with E-state index >= 15 is 14.4 Å². The van der Waals surface area contributed by atoms with Gasteiger partial charge in [0, 0.05) is 51.7 Å². The van der Waals surface area contributed by atoms with Crippen LogP contribution in [0.15, 0.2) is 102 Å². The highest BCUT2D eigenvalue weighted by Gasteiger charge is 2.80. The molecule has 96 heavy (non-hydrogen) atoms. The molecule has 524 valence electrons. The number of hydrogen-bond acceptors (Lipinski definition) is 24. The van der Waals surface area contributed by atoms with E-state index in [1.807, 2.05) is 0 Å². The fourth-order valence-corrected chi connectivity index (χ4v) is 15.8. The second-order valence-corrected chi connectivity index (χ2v) is 28.4. The zero-order chi connectivity index (χ0) is 71.3. The number of benzene rings is 3. The van der Waals surface area contributed by atoms with E-state index in [1.54, 1.807) is 54.6 Å². The number of aliphatic hydroxyl groups excluding tert-OH is 3. The van der Waals surface area contributed by atoms with Crippen molar-refractivity contribution in [3.63, 3.8) is 0 Å². The average molecular weight is 1340 g/mol. The first kappa shape index (κ1) is 73.2. The Labute approximate surface area is 556 Å². The average Bonchev–Trinajstić information content (AvgIpc) is 0.677. The number of fused-ring (bicyclic) bond motifs is 5. The lowest BCUT2D eigenvalue weighted by molar-refractivity contribution is -0.430. The number of esters is 5. The van der Waals surface area contributed by atoms with Crippen LogP contribution in [0.5, 0.6) is 0 Å². The van der Waals surface area contributed by atoms with Crippen LogP contribution in [-0.4, -0.2) is 204 Å². The molecule has 3 aromatic rings. The molecular formula is C70H90N2O24. The van der Waals surface area contributed by atoms with Crippen molar-refractivity contribution in [1.29, 1.82) is 0 Å². The fraction of sp³-hybridized carbons (Fsp3) is 0.600. The van der Waals surface area contributed by atoms with Gasteiger partial charge in [-0.05, 0) is 110 Å². The van der Waals surface area contributed by atoms with E-state index < -0.39 is 195 Å². The number of rotatable bonds is 17. The Balaban J connectivity index is 1.25. The molecule has 26 heteroatoms. The third kappa shape index (κ3) is 11.1. The third-order valence-corrected chi connectivity index (χ3v) is 22.6. The van der Waals surface area contributed by atoms with E-state index in [0.717, 1.165) is 41.5 Å². The van der Waals surface area contributed by atoms with Crippen molar-refractivity contribution in [3.8, 4) is 0 Å². The molecule has 0 aromatic heterocycles. The highest BCUT2D eigenvalue weighted by molar-refractivity contribution is 5.97. The zero-order valence-electron chi connectivity index (χ0n) is 56.9. The van der Waals surface area contributed by atoms with Crippen molar-refractivity contribution in [2.75, 3.05) is 20.3 Å². The molecule has 2 bridgehead atoms. The predicted molar refractivity (Wildman–Crippen MR) is 335 cm³/mol. The number of carbonyl (C=O) groups is 8. The van der Waals surface area contributed by atoms with E-state index in [-0.39, 0.29) is 34.3 Å². The number of ether oxygens (including phenoxy) is 10. The van der Waals surface area contributed by atoms with Crippen LogP contribution in [0, 0.1) is 16.7 Å². The molecule has 3 aliphatic heterocycles. The second kappa shape index (κ2) is 25.3. The Kier molecular flexibility index (Phi) is 19.3. The van der Waals surface area contributed by atoms with Crippen LogP contribution >= 0.6 is 0 Å². The Morgan fingerprint density at radius 3 is 1.84 bits per heavy atom. The molecule has 0 radical (unpaired) electrons. The Bertz CT molecular complexity index is 3570. The molecule has 8 N–H and O–H groups in total. The van der Waals surface area contributed by atoms with Crippen LogP contribution < -0.4 is 10.6 Å². The van der Waals surface area contributed by atoms with Gasteiger partial charge in [0.05, 0.1) is 42.3 Å². The number of amides is 2. The summed E-state index contributed by atoms with van der Waals surface area (Å²) in [6.07, 6.45) is -17.6. The molecule has 21 atom stereocenters. The summed E-state index contributed by atoms with van der Waals surface area (Å²) in [7, 11) is 1.22. The van der Waals surface area contributed by atoms with Gasteiger partial charge in [-0.3, -0.25) is 24.0 Å². The van der Waals surface area contributed by atoms with Gasteiger partial charge in [0.15, 0.2) is 29.4 Å². The minimum atomic E-state index is -2.81. The highest BCUT2D eigenvalue weighted by atomic mass is 16.7. The van der Waals surface area contributed by atoms with E-state index in [4.69, 9.17) is 47.4 Å². The molecular weight excluding hydrogens is 1250 g/mol. The van der Waals surface area contributed by atoms with Gasteiger partial charge >= 0.3 is 29.8 Å². The van der Waals surface area contributed by atoms with Gasteiger partial charge in [-0.15, -0.1) is 0 Å². The number of carbonyl (C=O) groups excluding carboxylic acids is 8. The van der Waals surface area contributed by atoms with Crippen molar-refractivity contribution in [3.05, 3.63) is 119 Å². The number of ketones is 1. The topological polar surface area (TPSA) is 374 Å². The zero-order valence-corrected chi connectivity index (χ0v) is 56.9. The quantitative estimate of drug-likeness (QED) is 0.0544. The Morgan fingerprint density at radius 2 is 1.32 bits per heavy atom. The molecule has 2 amide bonds. The van der Waals surface area contributed by atoms with Crippen LogP contribution in [0.3, 0.4) is 0 Å². The summed E-state index contributed by atoms with van der Waals surface area (Å²) in [6.45, 7) is 17.7. The number of nitrogens with one attached hydrogen (secondary N) is 2. The number of hydrogen-bond donors (Lipinski definition) is 8. The van der Waals surface area contributed by atoms with Crippen LogP contribution in [0.2, 0.25) is 0 Å². The maximum Gasteiger partial charge on any atom is 0.350 e. The lowest BCUT2D eigenvalue weighted by atomic mass is 9.44. The number of methoxy groups -OCH3 is 1. The predicted octanol–water partition coefficient (Wildman–Crippen LogP) is 3.51. The molecule has 6 aliphatic rings. The van der Waals surface area contributed by atoms with Crippen molar-refractivity contribution in [1.82, 2.24) is 10.6 Å². The lowest BCUT2D eigenvalue weighted by Gasteiger charge is -2.67. The first-order valence-corrected chi connectivity index (χ1v) is 31.9. The van der Waals surface area contributed by atoms with Crippen molar-refractivity contribution in [2.45, 2.75) is 228 Å². The van der Waals surface area contributed by atoms with Gasteiger partial charge in [0.25, 0.3) is 5.91 Å². The van der Waals surface area contributed by atoms with E-state index in [9.17, 15) is 54.6 Å². The van der Waals surface area contributed by atoms with Crippen molar-refractivity contribution in [2.24, 2.45) is 16.7 Å². The summed E-state index contributed by atoms with van der Waals surface area (Å²) >= 11 is 0. The number of aliphatic hydroxyl groups is 6. The van der Waals surface area contributed by atoms with Gasteiger partial charge in [0.2, 0.25) is 12.0 Å². The summed E-state index contributed by atoms with van der Waals surface area (Å²) in [6, 6.07) is 21.3. The van der Waals surface area contributed by atoms with Gasteiger partial charge in [0.1, 0.15) is 69.6 Å². The molecule has 3 aliphatic carbocycles. The minimum Gasteiger partial charge on any atom is -0.455 e.